The van der Waals surface area contributed by atoms with Gasteiger partial charge in [-0.25, -0.2) is 9.48 Å². The van der Waals surface area contributed by atoms with Crippen LogP contribution in [0.5, 0.6) is 0 Å². The van der Waals surface area contributed by atoms with Crippen LogP contribution in [0.4, 0.5) is 0 Å². The smallest absolute Gasteiger partial charge is 0.358 e. The molecule has 0 radical (unpaired) electrons. The van der Waals surface area contributed by atoms with Crippen molar-refractivity contribution in [2.75, 3.05) is 20.2 Å². The highest BCUT2D eigenvalue weighted by Crippen LogP contribution is 2.23. The van der Waals surface area contributed by atoms with E-state index in [1.807, 2.05) is 6.92 Å². The third-order valence-corrected chi connectivity index (χ3v) is 3.56. The maximum atomic E-state index is 12.2. The largest absolute Gasteiger partial charge is 0.476 e. The summed E-state index contributed by atoms with van der Waals surface area (Å²) in [5, 5.41) is 15.9. The fraction of sp³-hybridized carbons (Fsp3) is 0.667. The molecule has 110 valence electrons. The lowest BCUT2D eigenvalue weighted by atomic mass is 9.95. The normalized spacial score (nSPS) is 22.8. The molecule has 0 aromatic carbocycles. The topological polar surface area (TPSA) is 97.5 Å². The Morgan fingerprint density at radius 2 is 2.30 bits per heavy atom. The van der Waals surface area contributed by atoms with Crippen LogP contribution in [0.1, 0.15) is 30.3 Å². The van der Waals surface area contributed by atoms with Crippen LogP contribution in [-0.4, -0.2) is 62.7 Å². The molecule has 1 saturated heterocycles. The zero-order chi connectivity index (χ0) is 14.8. The van der Waals surface area contributed by atoms with Crippen molar-refractivity contribution in [1.29, 1.82) is 0 Å². The van der Waals surface area contributed by atoms with E-state index in [0.717, 1.165) is 12.8 Å². The van der Waals surface area contributed by atoms with Crippen LogP contribution in [0, 0.1) is 0 Å². The summed E-state index contributed by atoms with van der Waals surface area (Å²) in [6, 6.07) is 0. The van der Waals surface area contributed by atoms with Crippen molar-refractivity contribution < 1.29 is 19.4 Å². The molecular formula is C12H18N4O4. The lowest BCUT2D eigenvalue weighted by molar-refractivity contribution is -0.140. The second-order valence-corrected chi connectivity index (χ2v) is 5.18. The lowest BCUT2D eigenvalue weighted by Crippen LogP contribution is -2.50. The Balaban J connectivity index is 1.98. The number of carbonyl (C=O) groups excluding carboxylic acids is 1. The summed E-state index contributed by atoms with van der Waals surface area (Å²) >= 11 is 0. The number of amides is 1. The molecule has 20 heavy (non-hydrogen) atoms. The van der Waals surface area contributed by atoms with E-state index in [4.69, 9.17) is 9.84 Å². The Kier molecular flexibility index (Phi) is 4.03. The molecule has 1 aliphatic heterocycles. The van der Waals surface area contributed by atoms with Crippen LogP contribution in [-0.2, 0) is 16.1 Å². The molecule has 8 nitrogen and oxygen atoms in total. The molecule has 1 amide bonds. The summed E-state index contributed by atoms with van der Waals surface area (Å²) in [4.78, 5) is 24.6. The molecule has 1 unspecified atom stereocenters. The van der Waals surface area contributed by atoms with Gasteiger partial charge in [0.25, 0.3) is 0 Å². The van der Waals surface area contributed by atoms with Gasteiger partial charge >= 0.3 is 5.97 Å². The summed E-state index contributed by atoms with van der Waals surface area (Å²) in [6.07, 6.45) is 3.05. The van der Waals surface area contributed by atoms with E-state index in [2.05, 4.69) is 10.3 Å². The highest BCUT2D eigenvalue weighted by atomic mass is 16.5. The van der Waals surface area contributed by atoms with Gasteiger partial charge in [-0.05, 0) is 19.8 Å². The number of carbonyl (C=O) groups is 2. The van der Waals surface area contributed by atoms with Crippen LogP contribution in [0.25, 0.3) is 0 Å². The van der Waals surface area contributed by atoms with Crippen molar-refractivity contribution in [2.24, 2.45) is 0 Å². The van der Waals surface area contributed by atoms with Gasteiger partial charge in [0, 0.05) is 20.2 Å². The molecule has 1 aliphatic rings. The summed E-state index contributed by atoms with van der Waals surface area (Å²) in [5.74, 6) is -1.27. The van der Waals surface area contributed by atoms with E-state index in [0.29, 0.717) is 13.1 Å². The third kappa shape index (κ3) is 3.13. The highest BCUT2D eigenvalue weighted by Gasteiger charge is 2.33. The zero-order valence-electron chi connectivity index (χ0n) is 11.6. The molecule has 1 fully saturated rings. The number of piperidine rings is 1. The first-order chi connectivity index (χ1) is 9.43. The van der Waals surface area contributed by atoms with Crippen molar-refractivity contribution in [2.45, 2.75) is 31.9 Å². The van der Waals surface area contributed by atoms with Crippen molar-refractivity contribution in [3.63, 3.8) is 0 Å². The first-order valence-electron chi connectivity index (χ1n) is 6.40. The van der Waals surface area contributed by atoms with Gasteiger partial charge in [-0.2, -0.15) is 0 Å². The third-order valence-electron chi connectivity index (χ3n) is 3.56. The van der Waals surface area contributed by atoms with Crippen molar-refractivity contribution in [3.05, 3.63) is 11.9 Å². The minimum Gasteiger partial charge on any atom is -0.476 e. The van der Waals surface area contributed by atoms with Crippen molar-refractivity contribution in [3.8, 4) is 0 Å². The molecule has 1 N–H and O–H groups in total. The molecule has 0 spiro atoms. The minimum absolute atomic E-state index is 0.0138. The number of carboxylic acids is 1. The second-order valence-electron chi connectivity index (χ2n) is 5.18. The number of methoxy groups -OCH3 is 1. The van der Waals surface area contributed by atoms with Gasteiger partial charge in [0.1, 0.15) is 6.54 Å². The van der Waals surface area contributed by atoms with Crippen molar-refractivity contribution in [1.82, 2.24) is 19.9 Å². The van der Waals surface area contributed by atoms with Gasteiger partial charge in [-0.3, -0.25) is 4.79 Å². The average Bonchev–Trinajstić information content (AvgIpc) is 2.87. The van der Waals surface area contributed by atoms with Crippen LogP contribution in [0.2, 0.25) is 0 Å². The quantitative estimate of drug-likeness (QED) is 0.835. The Hall–Kier alpha value is -1.96. The predicted molar refractivity (Wildman–Crippen MR) is 68.2 cm³/mol. The van der Waals surface area contributed by atoms with E-state index in [1.165, 1.54) is 10.9 Å². The fourth-order valence-corrected chi connectivity index (χ4v) is 2.30. The molecule has 0 aliphatic carbocycles. The summed E-state index contributed by atoms with van der Waals surface area (Å²) in [5.41, 5.74) is -0.485. The number of nitrogens with zero attached hydrogens (tertiary/aromatic N) is 4. The molecule has 1 atom stereocenters. The van der Waals surface area contributed by atoms with E-state index in [9.17, 15) is 9.59 Å². The Morgan fingerprint density at radius 1 is 1.55 bits per heavy atom. The predicted octanol–water partition coefficient (Wildman–Crippen LogP) is 0.00380. The SMILES string of the molecule is COC1(C)CCCN(C(=O)Cn2cc(C(=O)O)nn2)C1. The number of aromatic nitrogens is 3. The average molecular weight is 282 g/mol. The van der Waals surface area contributed by atoms with Crippen molar-refractivity contribution >= 4 is 11.9 Å². The molecule has 0 bridgehead atoms. The minimum atomic E-state index is -1.16. The maximum Gasteiger partial charge on any atom is 0.358 e. The van der Waals surface area contributed by atoms with Gasteiger partial charge in [0.15, 0.2) is 5.69 Å². The number of hydrogen-bond donors (Lipinski definition) is 1. The first-order valence-corrected chi connectivity index (χ1v) is 6.40. The number of likely N-dealkylation sites (tertiary alicyclic amines) is 1. The standard InChI is InChI=1S/C12H18N4O4/c1-12(20-2)4-3-5-15(8-12)10(17)7-16-6-9(11(18)19)13-14-16/h6H,3-5,7-8H2,1-2H3,(H,18,19). The van der Waals surface area contributed by atoms with Gasteiger partial charge in [-0.15, -0.1) is 5.10 Å². The second kappa shape index (κ2) is 5.58. The van der Waals surface area contributed by atoms with Crippen LogP contribution < -0.4 is 0 Å². The van der Waals surface area contributed by atoms with E-state index < -0.39 is 5.97 Å². The van der Waals surface area contributed by atoms with Crippen LogP contribution in [0.3, 0.4) is 0 Å². The van der Waals surface area contributed by atoms with Gasteiger partial charge < -0.3 is 14.7 Å². The summed E-state index contributed by atoms with van der Waals surface area (Å²) in [7, 11) is 1.64. The van der Waals surface area contributed by atoms with Crippen LogP contribution in [0.15, 0.2) is 6.20 Å². The lowest BCUT2D eigenvalue weighted by Gasteiger charge is -2.39. The Morgan fingerprint density at radius 3 is 2.90 bits per heavy atom. The molecular weight excluding hydrogens is 264 g/mol. The number of aromatic carboxylic acids is 1. The zero-order valence-corrected chi connectivity index (χ0v) is 11.6. The summed E-state index contributed by atoms with van der Waals surface area (Å²) < 4.78 is 6.68. The number of ether oxygens (including phenoxy) is 1. The summed E-state index contributed by atoms with van der Waals surface area (Å²) in [6.45, 7) is 3.17. The first kappa shape index (κ1) is 14.4. The maximum absolute atomic E-state index is 12.2. The van der Waals surface area contributed by atoms with Gasteiger partial charge in [0.2, 0.25) is 5.91 Å². The Labute approximate surface area is 116 Å². The van der Waals surface area contributed by atoms with Gasteiger partial charge in [-0.1, -0.05) is 5.21 Å². The number of hydrogen-bond acceptors (Lipinski definition) is 5. The molecule has 0 saturated carbocycles. The molecule has 8 heteroatoms. The Bertz CT molecular complexity index is 515. The molecule has 2 heterocycles. The highest BCUT2D eigenvalue weighted by molar-refractivity contribution is 5.84. The molecule has 1 aromatic heterocycles. The molecule has 1 aromatic rings. The van der Waals surface area contributed by atoms with E-state index in [-0.39, 0.29) is 23.7 Å². The monoisotopic (exact) mass is 282 g/mol. The van der Waals surface area contributed by atoms with Gasteiger partial charge in [0.05, 0.1) is 11.8 Å². The number of carboxylic acid groups (broad SMARTS) is 1. The number of rotatable bonds is 4. The van der Waals surface area contributed by atoms with Crippen LogP contribution >= 0.6 is 0 Å². The molecule has 2 rings (SSSR count). The van der Waals surface area contributed by atoms with E-state index >= 15 is 0 Å². The van der Waals surface area contributed by atoms with E-state index in [1.54, 1.807) is 12.0 Å². The fourth-order valence-electron chi connectivity index (χ4n) is 2.30.